The molecule has 0 unspecified atom stereocenters. The number of rotatable bonds is 6. The number of thiazole rings is 1. The molecular formula is C12H17N7O3S. The zero-order valence-corrected chi connectivity index (χ0v) is 13.1. The second kappa shape index (κ2) is 7.44. The molecular weight excluding hydrogens is 322 g/mol. The number of ether oxygens (including phenoxy) is 2. The van der Waals surface area contributed by atoms with Crippen LogP contribution in [0.5, 0.6) is 0 Å². The van der Waals surface area contributed by atoms with Gasteiger partial charge >= 0.3 is 0 Å². The summed E-state index contributed by atoms with van der Waals surface area (Å²) in [6.07, 6.45) is 0.586. The first kappa shape index (κ1) is 15.8. The smallest absolute Gasteiger partial charge is 0.242 e. The van der Waals surface area contributed by atoms with Crippen molar-refractivity contribution in [2.75, 3.05) is 18.9 Å². The second-order valence-electron chi connectivity index (χ2n) is 5.06. The summed E-state index contributed by atoms with van der Waals surface area (Å²) < 4.78 is 12.5. The lowest BCUT2D eigenvalue weighted by atomic mass is 10.1. The van der Waals surface area contributed by atoms with E-state index < -0.39 is 0 Å². The van der Waals surface area contributed by atoms with Crippen LogP contribution < -0.4 is 11.1 Å². The number of nitrogens with two attached hydrogens (primary N) is 1. The maximum atomic E-state index is 12.1. The molecule has 1 aliphatic rings. The van der Waals surface area contributed by atoms with E-state index in [0.717, 1.165) is 5.69 Å². The fourth-order valence-electron chi connectivity index (χ4n) is 2.27. The Morgan fingerprint density at radius 2 is 2.52 bits per heavy atom. The van der Waals surface area contributed by atoms with Gasteiger partial charge in [0.15, 0.2) is 0 Å². The van der Waals surface area contributed by atoms with Crippen LogP contribution in [0.25, 0.3) is 0 Å². The summed E-state index contributed by atoms with van der Waals surface area (Å²) in [5.74, 6) is -0.155. The molecule has 0 aliphatic carbocycles. The zero-order valence-electron chi connectivity index (χ0n) is 12.3. The van der Waals surface area contributed by atoms with Gasteiger partial charge < -0.3 is 20.5 Å². The number of hydrogen-bond donors (Lipinski definition) is 2. The highest BCUT2D eigenvalue weighted by Gasteiger charge is 2.28. The second-order valence-corrected chi connectivity index (χ2v) is 5.78. The Morgan fingerprint density at radius 3 is 3.26 bits per heavy atom. The van der Waals surface area contributed by atoms with Crippen molar-refractivity contribution in [1.82, 2.24) is 30.5 Å². The highest BCUT2D eigenvalue weighted by molar-refractivity contribution is 7.07. The lowest BCUT2D eigenvalue weighted by Gasteiger charge is -2.31. The molecule has 3 N–H and O–H groups in total. The van der Waals surface area contributed by atoms with Crippen molar-refractivity contribution in [2.45, 2.75) is 31.7 Å². The van der Waals surface area contributed by atoms with Gasteiger partial charge in [0.05, 0.1) is 36.6 Å². The van der Waals surface area contributed by atoms with Gasteiger partial charge in [0.1, 0.15) is 6.54 Å². The van der Waals surface area contributed by atoms with Gasteiger partial charge in [-0.3, -0.25) is 4.79 Å². The fourth-order valence-corrected chi connectivity index (χ4v) is 2.81. The summed E-state index contributed by atoms with van der Waals surface area (Å²) in [5, 5.41) is 15.4. The van der Waals surface area contributed by atoms with Crippen LogP contribution in [0.15, 0.2) is 10.9 Å². The third kappa shape index (κ3) is 4.21. The number of nitrogens with zero attached hydrogens (tertiary/aromatic N) is 5. The van der Waals surface area contributed by atoms with Crippen molar-refractivity contribution in [3.05, 3.63) is 16.6 Å². The minimum absolute atomic E-state index is 0.0475. The largest absolute Gasteiger partial charge is 0.379 e. The minimum Gasteiger partial charge on any atom is -0.379 e. The van der Waals surface area contributed by atoms with Gasteiger partial charge in [0, 0.05) is 12.0 Å². The van der Waals surface area contributed by atoms with Crippen molar-refractivity contribution in [3.63, 3.8) is 0 Å². The molecule has 3 heterocycles. The van der Waals surface area contributed by atoms with E-state index in [2.05, 4.69) is 25.8 Å². The van der Waals surface area contributed by atoms with Crippen molar-refractivity contribution >= 4 is 23.2 Å². The molecule has 3 rings (SSSR count). The predicted molar refractivity (Wildman–Crippen MR) is 80.3 cm³/mol. The molecule has 1 saturated heterocycles. The first-order valence-electron chi connectivity index (χ1n) is 7.10. The minimum atomic E-state index is -0.248. The molecule has 1 fully saturated rings. The number of amides is 1. The molecule has 0 aromatic carbocycles. The molecule has 2 aromatic heterocycles. The normalized spacial score (nSPS) is 21.2. The van der Waals surface area contributed by atoms with E-state index >= 15 is 0 Å². The molecule has 0 spiro atoms. The van der Waals surface area contributed by atoms with Crippen LogP contribution >= 0.6 is 11.3 Å². The number of carbonyl (C=O) groups is 1. The molecule has 1 aliphatic heterocycles. The highest BCUT2D eigenvalue weighted by atomic mass is 32.1. The molecule has 0 radical (unpaired) electrons. The Balaban J connectivity index is 1.53. The first-order chi connectivity index (χ1) is 11.2. The quantitative estimate of drug-likeness (QED) is 0.700. The Morgan fingerprint density at radius 1 is 1.61 bits per heavy atom. The monoisotopic (exact) mass is 339 g/mol. The van der Waals surface area contributed by atoms with Gasteiger partial charge in [-0.25, -0.2) is 9.67 Å². The Kier molecular flexibility index (Phi) is 5.10. The van der Waals surface area contributed by atoms with E-state index in [4.69, 9.17) is 15.2 Å². The molecule has 1 amide bonds. The van der Waals surface area contributed by atoms with Crippen LogP contribution in [0, 0.1) is 0 Å². The maximum absolute atomic E-state index is 12.1. The number of nitrogen functional groups attached to an aromatic ring is 1. The fraction of sp³-hybridized carbons (Fsp3) is 0.583. The van der Waals surface area contributed by atoms with E-state index in [-0.39, 0.29) is 30.5 Å². The molecule has 2 atom stereocenters. The van der Waals surface area contributed by atoms with Gasteiger partial charge in [-0.1, -0.05) is 5.10 Å². The summed E-state index contributed by atoms with van der Waals surface area (Å²) in [7, 11) is 0. The number of anilines is 1. The zero-order chi connectivity index (χ0) is 16.1. The Hall–Kier alpha value is -2.11. The van der Waals surface area contributed by atoms with Crippen molar-refractivity contribution < 1.29 is 14.3 Å². The summed E-state index contributed by atoms with van der Waals surface area (Å²) in [4.78, 5) is 16.3. The van der Waals surface area contributed by atoms with Gasteiger partial charge in [0.2, 0.25) is 11.9 Å². The summed E-state index contributed by atoms with van der Waals surface area (Å²) >= 11 is 1.52. The topological polar surface area (TPSA) is 130 Å². The summed E-state index contributed by atoms with van der Waals surface area (Å²) in [5.41, 5.74) is 8.19. The van der Waals surface area contributed by atoms with Gasteiger partial charge in [0.25, 0.3) is 0 Å². The molecule has 10 nitrogen and oxygen atoms in total. The van der Waals surface area contributed by atoms with Crippen molar-refractivity contribution in [3.8, 4) is 0 Å². The lowest BCUT2D eigenvalue weighted by molar-refractivity contribution is -0.127. The van der Waals surface area contributed by atoms with Crippen LogP contribution in [0.2, 0.25) is 0 Å². The summed E-state index contributed by atoms with van der Waals surface area (Å²) in [6, 6.07) is -0.229. The third-order valence-corrected chi connectivity index (χ3v) is 4.06. The van der Waals surface area contributed by atoms with Gasteiger partial charge in [-0.2, -0.15) is 0 Å². The number of hydrogen-bond acceptors (Lipinski definition) is 9. The number of carbonyl (C=O) groups excluding carboxylic acids is 1. The molecule has 0 saturated carbocycles. The van der Waals surface area contributed by atoms with Gasteiger partial charge in [-0.15, -0.1) is 11.3 Å². The van der Waals surface area contributed by atoms with E-state index in [1.807, 2.05) is 5.38 Å². The van der Waals surface area contributed by atoms with Crippen LogP contribution in [-0.2, 0) is 27.4 Å². The predicted octanol–water partition coefficient (Wildman–Crippen LogP) is -0.798. The van der Waals surface area contributed by atoms with Crippen LogP contribution in [0.3, 0.4) is 0 Å². The first-order valence-corrected chi connectivity index (χ1v) is 8.04. The Bertz CT molecular complexity index is 632. The van der Waals surface area contributed by atoms with E-state index in [9.17, 15) is 4.79 Å². The SMILES string of the molecule is Nc1nnnn1CC(=O)N[C@@H]1COCC[C@@H]1OCc1cscn1. The number of nitrogens with one attached hydrogen (secondary N) is 1. The molecule has 124 valence electrons. The third-order valence-electron chi connectivity index (χ3n) is 3.42. The van der Waals surface area contributed by atoms with Crippen LogP contribution in [0.4, 0.5) is 5.95 Å². The van der Waals surface area contributed by atoms with Crippen LogP contribution in [0.1, 0.15) is 12.1 Å². The average Bonchev–Trinajstić information content (AvgIpc) is 3.19. The van der Waals surface area contributed by atoms with E-state index in [0.29, 0.717) is 26.2 Å². The Labute approximate surface area is 136 Å². The lowest BCUT2D eigenvalue weighted by Crippen LogP contribution is -2.51. The van der Waals surface area contributed by atoms with Gasteiger partial charge in [-0.05, 0) is 16.8 Å². The summed E-state index contributed by atoms with van der Waals surface area (Å²) in [6.45, 7) is 1.38. The average molecular weight is 339 g/mol. The van der Waals surface area contributed by atoms with E-state index in [1.54, 1.807) is 5.51 Å². The molecule has 23 heavy (non-hydrogen) atoms. The number of tetrazole rings is 1. The molecule has 2 aromatic rings. The number of aromatic nitrogens is 5. The van der Waals surface area contributed by atoms with Crippen LogP contribution in [-0.4, -0.2) is 56.5 Å². The molecule has 0 bridgehead atoms. The van der Waals surface area contributed by atoms with Crippen molar-refractivity contribution in [1.29, 1.82) is 0 Å². The highest BCUT2D eigenvalue weighted by Crippen LogP contribution is 2.14. The van der Waals surface area contributed by atoms with E-state index in [1.165, 1.54) is 16.0 Å². The molecule has 11 heteroatoms. The van der Waals surface area contributed by atoms with Crippen molar-refractivity contribution in [2.24, 2.45) is 0 Å². The maximum Gasteiger partial charge on any atom is 0.242 e. The standard InChI is InChI=1S/C12H17N7O3S/c13-12-16-17-18-19(12)3-11(20)15-9-5-21-2-1-10(9)22-4-8-6-23-7-14-8/h6-7,9-10H,1-5H2,(H,15,20)(H2,13,16,18)/t9-,10+/m1/s1.